The fourth-order valence-corrected chi connectivity index (χ4v) is 2.26. The van der Waals surface area contributed by atoms with Gasteiger partial charge in [0.15, 0.2) is 0 Å². The standard InChI is InChI=1S/C15H15N3O/c1-9-8-10(6-7-11(9)16)14-15(19)18-13-5-3-2-4-12(13)17-14/h2-8,14,17H,16H2,1H3,(H,18,19). The fraction of sp³-hybridized carbons (Fsp3) is 0.133. The summed E-state index contributed by atoms with van der Waals surface area (Å²) >= 11 is 0. The zero-order valence-corrected chi connectivity index (χ0v) is 10.6. The van der Waals surface area contributed by atoms with E-state index in [4.69, 9.17) is 5.73 Å². The first kappa shape index (κ1) is 11.6. The van der Waals surface area contributed by atoms with Crippen molar-refractivity contribution in [2.75, 3.05) is 16.4 Å². The lowest BCUT2D eigenvalue weighted by Crippen LogP contribution is -2.31. The summed E-state index contributed by atoms with van der Waals surface area (Å²) in [5.41, 5.74) is 10.2. The Labute approximate surface area is 111 Å². The summed E-state index contributed by atoms with van der Waals surface area (Å²) in [6.07, 6.45) is 0. The molecular formula is C15H15N3O. The molecule has 0 fully saturated rings. The van der Waals surface area contributed by atoms with Crippen LogP contribution < -0.4 is 16.4 Å². The third kappa shape index (κ3) is 2.01. The van der Waals surface area contributed by atoms with Gasteiger partial charge in [-0.2, -0.15) is 0 Å². The van der Waals surface area contributed by atoms with Gasteiger partial charge in [0.05, 0.1) is 11.4 Å². The third-order valence-corrected chi connectivity index (χ3v) is 3.37. The molecule has 96 valence electrons. The number of benzene rings is 2. The number of carbonyl (C=O) groups is 1. The van der Waals surface area contributed by atoms with E-state index in [1.54, 1.807) is 0 Å². The zero-order chi connectivity index (χ0) is 13.4. The summed E-state index contributed by atoms with van der Waals surface area (Å²) < 4.78 is 0. The summed E-state index contributed by atoms with van der Waals surface area (Å²) in [7, 11) is 0. The first-order valence-corrected chi connectivity index (χ1v) is 6.17. The number of hydrogen-bond donors (Lipinski definition) is 3. The van der Waals surface area contributed by atoms with Gasteiger partial charge in [-0.3, -0.25) is 4.79 Å². The van der Waals surface area contributed by atoms with E-state index < -0.39 is 0 Å². The molecule has 0 saturated heterocycles. The average Bonchev–Trinajstić information content (AvgIpc) is 2.41. The van der Waals surface area contributed by atoms with Crippen LogP contribution in [0.25, 0.3) is 0 Å². The summed E-state index contributed by atoms with van der Waals surface area (Å²) in [6.45, 7) is 1.94. The average molecular weight is 253 g/mol. The Bertz CT molecular complexity index is 652. The van der Waals surface area contributed by atoms with Crippen LogP contribution in [-0.2, 0) is 4.79 Å². The van der Waals surface area contributed by atoms with Crippen LogP contribution in [0.3, 0.4) is 0 Å². The highest BCUT2D eigenvalue weighted by Crippen LogP contribution is 2.32. The number of para-hydroxylation sites is 2. The Balaban J connectivity index is 1.98. The molecule has 0 saturated carbocycles. The third-order valence-electron chi connectivity index (χ3n) is 3.37. The summed E-state index contributed by atoms with van der Waals surface area (Å²) in [5, 5.41) is 6.17. The van der Waals surface area contributed by atoms with Crippen molar-refractivity contribution in [1.82, 2.24) is 0 Å². The molecule has 1 unspecified atom stereocenters. The molecule has 19 heavy (non-hydrogen) atoms. The molecule has 0 aliphatic carbocycles. The van der Waals surface area contributed by atoms with E-state index in [1.165, 1.54) is 0 Å². The van der Waals surface area contributed by atoms with Crippen LogP contribution in [0.5, 0.6) is 0 Å². The molecule has 1 heterocycles. The summed E-state index contributed by atoms with van der Waals surface area (Å²) in [5.74, 6) is -0.0529. The minimum Gasteiger partial charge on any atom is -0.399 e. The number of amides is 1. The van der Waals surface area contributed by atoms with Crippen molar-refractivity contribution in [3.63, 3.8) is 0 Å². The quantitative estimate of drug-likeness (QED) is 0.684. The van der Waals surface area contributed by atoms with Gasteiger partial charge in [-0.05, 0) is 36.2 Å². The maximum absolute atomic E-state index is 12.1. The first-order chi connectivity index (χ1) is 9.15. The maximum Gasteiger partial charge on any atom is 0.251 e. The van der Waals surface area contributed by atoms with Crippen LogP contribution in [0.1, 0.15) is 17.2 Å². The van der Waals surface area contributed by atoms with E-state index in [2.05, 4.69) is 10.6 Å². The molecule has 2 aromatic carbocycles. The predicted octanol–water partition coefficient (Wildman–Crippen LogP) is 2.68. The van der Waals surface area contributed by atoms with Crippen molar-refractivity contribution in [3.8, 4) is 0 Å². The fourth-order valence-electron chi connectivity index (χ4n) is 2.26. The van der Waals surface area contributed by atoms with Gasteiger partial charge in [0.25, 0.3) is 5.91 Å². The minimum atomic E-state index is -0.380. The second-order valence-corrected chi connectivity index (χ2v) is 4.73. The molecule has 1 atom stereocenters. The van der Waals surface area contributed by atoms with Gasteiger partial charge in [-0.25, -0.2) is 0 Å². The molecule has 2 aromatic rings. The van der Waals surface area contributed by atoms with Crippen molar-refractivity contribution in [3.05, 3.63) is 53.6 Å². The second-order valence-electron chi connectivity index (χ2n) is 4.73. The van der Waals surface area contributed by atoms with Crippen molar-refractivity contribution < 1.29 is 4.79 Å². The van der Waals surface area contributed by atoms with Gasteiger partial charge < -0.3 is 16.4 Å². The number of nitrogen functional groups attached to an aromatic ring is 1. The number of hydrogen-bond acceptors (Lipinski definition) is 3. The number of carbonyl (C=O) groups excluding carboxylic acids is 1. The van der Waals surface area contributed by atoms with E-state index in [-0.39, 0.29) is 11.9 Å². The molecule has 0 radical (unpaired) electrons. The molecule has 1 amide bonds. The number of nitrogens with two attached hydrogens (primary N) is 1. The molecule has 4 heteroatoms. The van der Waals surface area contributed by atoms with Crippen molar-refractivity contribution >= 4 is 23.0 Å². The summed E-state index contributed by atoms with van der Waals surface area (Å²) in [4.78, 5) is 12.1. The van der Waals surface area contributed by atoms with E-state index in [0.717, 1.165) is 28.2 Å². The number of nitrogens with one attached hydrogen (secondary N) is 2. The highest BCUT2D eigenvalue weighted by atomic mass is 16.2. The Morgan fingerprint density at radius 1 is 1.11 bits per heavy atom. The second kappa shape index (κ2) is 4.31. The molecule has 0 aromatic heterocycles. The van der Waals surface area contributed by atoms with E-state index in [0.29, 0.717) is 0 Å². The SMILES string of the molecule is Cc1cc(C2Nc3ccccc3NC2=O)ccc1N. The van der Waals surface area contributed by atoms with Gasteiger partial charge in [0, 0.05) is 5.69 Å². The Hall–Kier alpha value is -2.49. The van der Waals surface area contributed by atoms with Crippen molar-refractivity contribution in [2.45, 2.75) is 13.0 Å². The number of anilines is 3. The van der Waals surface area contributed by atoms with E-state index in [1.807, 2.05) is 49.4 Å². The molecule has 1 aliphatic rings. The van der Waals surface area contributed by atoms with Crippen LogP contribution in [0.4, 0.5) is 17.1 Å². The van der Waals surface area contributed by atoms with Crippen molar-refractivity contribution in [1.29, 1.82) is 0 Å². The summed E-state index contributed by atoms with van der Waals surface area (Å²) in [6, 6.07) is 12.9. The molecule has 0 spiro atoms. The van der Waals surface area contributed by atoms with Gasteiger partial charge in [0.2, 0.25) is 0 Å². The van der Waals surface area contributed by atoms with Gasteiger partial charge in [-0.15, -0.1) is 0 Å². The first-order valence-electron chi connectivity index (χ1n) is 6.17. The lowest BCUT2D eigenvalue weighted by Gasteiger charge is -2.27. The van der Waals surface area contributed by atoms with Gasteiger partial charge in [0.1, 0.15) is 6.04 Å². The topological polar surface area (TPSA) is 67.1 Å². The Morgan fingerprint density at radius 3 is 2.58 bits per heavy atom. The van der Waals surface area contributed by atoms with Gasteiger partial charge >= 0.3 is 0 Å². The van der Waals surface area contributed by atoms with E-state index in [9.17, 15) is 4.79 Å². The Morgan fingerprint density at radius 2 is 1.84 bits per heavy atom. The van der Waals surface area contributed by atoms with Gasteiger partial charge in [-0.1, -0.05) is 24.3 Å². The molecular weight excluding hydrogens is 238 g/mol. The Kier molecular flexibility index (Phi) is 2.63. The largest absolute Gasteiger partial charge is 0.399 e. The molecule has 3 rings (SSSR count). The number of rotatable bonds is 1. The lowest BCUT2D eigenvalue weighted by molar-refractivity contribution is -0.117. The van der Waals surface area contributed by atoms with Crippen molar-refractivity contribution in [2.24, 2.45) is 0 Å². The molecule has 4 nitrogen and oxygen atoms in total. The van der Waals surface area contributed by atoms with E-state index >= 15 is 0 Å². The van der Waals surface area contributed by atoms with Crippen LogP contribution >= 0.6 is 0 Å². The highest BCUT2D eigenvalue weighted by molar-refractivity contribution is 6.03. The molecule has 1 aliphatic heterocycles. The zero-order valence-electron chi connectivity index (χ0n) is 10.6. The maximum atomic E-state index is 12.1. The predicted molar refractivity (Wildman–Crippen MR) is 77.0 cm³/mol. The monoisotopic (exact) mass is 253 g/mol. The van der Waals surface area contributed by atoms with Crippen LogP contribution in [0, 0.1) is 6.92 Å². The lowest BCUT2D eigenvalue weighted by atomic mass is 10.0. The van der Waals surface area contributed by atoms with Crippen LogP contribution in [0.15, 0.2) is 42.5 Å². The minimum absolute atomic E-state index is 0.0529. The van der Waals surface area contributed by atoms with Crippen LogP contribution in [0.2, 0.25) is 0 Å². The molecule has 0 bridgehead atoms. The highest BCUT2D eigenvalue weighted by Gasteiger charge is 2.26. The van der Waals surface area contributed by atoms with Crippen LogP contribution in [-0.4, -0.2) is 5.91 Å². The molecule has 4 N–H and O–H groups in total. The smallest absolute Gasteiger partial charge is 0.251 e. The number of fused-ring (bicyclic) bond motifs is 1. The number of aryl methyl sites for hydroxylation is 1. The normalized spacial score (nSPS) is 17.3.